The summed E-state index contributed by atoms with van der Waals surface area (Å²) in [7, 11) is 0. The second-order valence-corrected chi connectivity index (χ2v) is 6.62. The summed E-state index contributed by atoms with van der Waals surface area (Å²) in [5.74, 6) is 0.745. The summed E-state index contributed by atoms with van der Waals surface area (Å²) in [6.45, 7) is 7.72. The van der Waals surface area contributed by atoms with Gasteiger partial charge in [-0.2, -0.15) is 0 Å². The second-order valence-electron chi connectivity index (χ2n) is 6.62. The number of aryl methyl sites for hydroxylation is 2. The number of amides is 1. The lowest BCUT2D eigenvalue weighted by Crippen LogP contribution is -2.43. The number of carbonyl (C=O) groups is 1. The summed E-state index contributed by atoms with van der Waals surface area (Å²) in [4.78, 5) is 23.7. The molecule has 134 valence electrons. The molecule has 4 rings (SSSR count). The van der Waals surface area contributed by atoms with Gasteiger partial charge in [0.2, 0.25) is 0 Å². The maximum Gasteiger partial charge on any atom is 0.257 e. The molecule has 1 saturated heterocycles. The number of pyridine rings is 2. The van der Waals surface area contributed by atoms with Gasteiger partial charge in [-0.25, -0.2) is 9.97 Å². The van der Waals surface area contributed by atoms with E-state index in [2.05, 4.69) is 25.5 Å². The van der Waals surface area contributed by atoms with Crippen LogP contribution in [0, 0.1) is 13.8 Å². The van der Waals surface area contributed by atoms with Gasteiger partial charge in [-0.1, -0.05) is 0 Å². The Hall–Kier alpha value is -2.93. The largest absolute Gasteiger partial charge is 0.354 e. The maximum absolute atomic E-state index is 12.6. The van der Waals surface area contributed by atoms with E-state index in [1.807, 2.05) is 48.8 Å². The third-order valence-corrected chi connectivity index (χ3v) is 4.56. The fourth-order valence-electron chi connectivity index (χ4n) is 3.26. The lowest BCUT2D eigenvalue weighted by Gasteiger charge is -2.28. The fourth-order valence-corrected chi connectivity index (χ4v) is 3.26. The monoisotopic (exact) mass is 350 g/mol. The van der Waals surface area contributed by atoms with Crippen molar-refractivity contribution in [3.05, 3.63) is 53.6 Å². The Labute approximate surface area is 152 Å². The molecule has 2 N–H and O–H groups in total. The molecule has 0 aliphatic carbocycles. The quantitative estimate of drug-likeness (QED) is 0.756. The molecule has 1 aliphatic rings. The molecule has 26 heavy (non-hydrogen) atoms. The van der Waals surface area contributed by atoms with Crippen LogP contribution in [-0.4, -0.2) is 46.5 Å². The van der Waals surface area contributed by atoms with E-state index >= 15 is 0 Å². The molecule has 0 radical (unpaired) electrons. The highest BCUT2D eigenvalue weighted by Crippen LogP contribution is 2.18. The number of aromatic nitrogens is 3. The highest BCUT2D eigenvalue weighted by molar-refractivity contribution is 6.04. The lowest BCUT2D eigenvalue weighted by molar-refractivity contribution is 0.102. The summed E-state index contributed by atoms with van der Waals surface area (Å²) in [6.07, 6.45) is 5.46. The average Bonchev–Trinajstić information content (AvgIpc) is 3.03. The van der Waals surface area contributed by atoms with Gasteiger partial charge < -0.3 is 19.9 Å². The zero-order valence-corrected chi connectivity index (χ0v) is 15.0. The lowest BCUT2D eigenvalue weighted by atomic mass is 10.2. The SMILES string of the molecule is Cc1cn2cc(NC(=O)c3ccc(N4CCNCC4)nc3)cc(C)c2n1. The minimum absolute atomic E-state index is 0.167. The molecule has 1 amide bonds. The van der Waals surface area contributed by atoms with Crippen molar-refractivity contribution in [3.63, 3.8) is 0 Å². The van der Waals surface area contributed by atoms with E-state index in [4.69, 9.17) is 0 Å². The van der Waals surface area contributed by atoms with Crippen LogP contribution < -0.4 is 15.5 Å². The standard InChI is InChI=1S/C19H22N6O/c1-13-9-16(12-25-11-14(2)22-18(13)25)23-19(26)15-3-4-17(21-10-15)24-7-5-20-6-8-24/h3-4,9-12,20H,5-8H2,1-2H3,(H,23,26). The Morgan fingerprint density at radius 1 is 1.19 bits per heavy atom. The van der Waals surface area contributed by atoms with Crippen molar-refractivity contribution in [2.75, 3.05) is 36.4 Å². The number of fused-ring (bicyclic) bond motifs is 1. The van der Waals surface area contributed by atoms with E-state index in [9.17, 15) is 4.79 Å². The molecule has 3 aromatic rings. The highest BCUT2D eigenvalue weighted by Gasteiger charge is 2.13. The van der Waals surface area contributed by atoms with E-state index in [0.717, 1.165) is 54.6 Å². The van der Waals surface area contributed by atoms with Crippen molar-refractivity contribution >= 4 is 23.1 Å². The molecular weight excluding hydrogens is 328 g/mol. The number of rotatable bonds is 3. The molecule has 0 unspecified atom stereocenters. The van der Waals surface area contributed by atoms with Crippen molar-refractivity contribution in [2.24, 2.45) is 0 Å². The normalized spacial score (nSPS) is 14.6. The van der Waals surface area contributed by atoms with Crippen LogP contribution in [0.15, 0.2) is 36.8 Å². The predicted molar refractivity (Wildman–Crippen MR) is 102 cm³/mol. The fraction of sp³-hybridized carbons (Fsp3) is 0.316. The van der Waals surface area contributed by atoms with E-state index < -0.39 is 0 Å². The maximum atomic E-state index is 12.6. The van der Waals surface area contributed by atoms with Gasteiger partial charge in [-0.15, -0.1) is 0 Å². The van der Waals surface area contributed by atoms with Crippen LogP contribution in [0.3, 0.4) is 0 Å². The first-order chi connectivity index (χ1) is 12.6. The molecule has 0 spiro atoms. The first kappa shape index (κ1) is 16.5. The molecule has 3 aromatic heterocycles. The summed E-state index contributed by atoms with van der Waals surface area (Å²) in [5.41, 5.74) is 4.15. The van der Waals surface area contributed by atoms with Gasteiger partial charge in [0.1, 0.15) is 11.5 Å². The Morgan fingerprint density at radius 2 is 2.00 bits per heavy atom. The van der Waals surface area contributed by atoms with Crippen LogP contribution in [0.25, 0.3) is 5.65 Å². The average molecular weight is 350 g/mol. The number of nitrogens with one attached hydrogen (secondary N) is 2. The van der Waals surface area contributed by atoms with Gasteiger partial charge in [0.15, 0.2) is 0 Å². The smallest absolute Gasteiger partial charge is 0.257 e. The molecule has 7 heteroatoms. The van der Waals surface area contributed by atoms with Crippen LogP contribution in [0.5, 0.6) is 0 Å². The van der Waals surface area contributed by atoms with E-state index in [0.29, 0.717) is 5.56 Å². The molecule has 0 atom stereocenters. The number of imidazole rings is 1. The Balaban J connectivity index is 1.51. The Bertz CT molecular complexity index is 941. The van der Waals surface area contributed by atoms with Gasteiger partial charge in [0.05, 0.1) is 16.9 Å². The zero-order chi connectivity index (χ0) is 18.1. The van der Waals surface area contributed by atoms with E-state index in [1.54, 1.807) is 6.20 Å². The molecule has 0 aromatic carbocycles. The van der Waals surface area contributed by atoms with E-state index in [-0.39, 0.29) is 5.91 Å². The zero-order valence-electron chi connectivity index (χ0n) is 15.0. The number of anilines is 2. The number of hydrogen-bond acceptors (Lipinski definition) is 5. The molecule has 0 saturated carbocycles. The molecule has 0 bridgehead atoms. The van der Waals surface area contributed by atoms with Crippen LogP contribution in [0.2, 0.25) is 0 Å². The van der Waals surface area contributed by atoms with Crippen LogP contribution in [0.1, 0.15) is 21.6 Å². The highest BCUT2D eigenvalue weighted by atomic mass is 16.1. The van der Waals surface area contributed by atoms with Crippen molar-refractivity contribution < 1.29 is 4.79 Å². The summed E-state index contributed by atoms with van der Waals surface area (Å²) >= 11 is 0. The van der Waals surface area contributed by atoms with Crippen LogP contribution in [0.4, 0.5) is 11.5 Å². The van der Waals surface area contributed by atoms with Gasteiger partial charge in [-0.3, -0.25) is 4.79 Å². The molecule has 4 heterocycles. The van der Waals surface area contributed by atoms with Gasteiger partial charge in [-0.05, 0) is 37.6 Å². The predicted octanol–water partition coefficient (Wildman–Crippen LogP) is 2.01. The third-order valence-electron chi connectivity index (χ3n) is 4.56. The number of nitrogens with zero attached hydrogens (tertiary/aromatic N) is 4. The summed E-state index contributed by atoms with van der Waals surface area (Å²) < 4.78 is 1.94. The summed E-state index contributed by atoms with van der Waals surface area (Å²) in [5, 5.41) is 6.27. The van der Waals surface area contributed by atoms with Crippen molar-refractivity contribution in [2.45, 2.75) is 13.8 Å². The van der Waals surface area contributed by atoms with Gasteiger partial charge in [0, 0.05) is 44.8 Å². The second kappa shape index (κ2) is 6.76. The Kier molecular flexibility index (Phi) is 4.30. The minimum Gasteiger partial charge on any atom is -0.354 e. The van der Waals surface area contributed by atoms with Crippen molar-refractivity contribution in [1.29, 1.82) is 0 Å². The molecule has 7 nitrogen and oxygen atoms in total. The van der Waals surface area contributed by atoms with Gasteiger partial charge in [0.25, 0.3) is 5.91 Å². The number of hydrogen-bond donors (Lipinski definition) is 2. The number of carbonyl (C=O) groups excluding carboxylic acids is 1. The molecule has 1 aliphatic heterocycles. The van der Waals surface area contributed by atoms with Crippen molar-refractivity contribution in [3.8, 4) is 0 Å². The molecule has 1 fully saturated rings. The third kappa shape index (κ3) is 3.25. The van der Waals surface area contributed by atoms with Crippen molar-refractivity contribution in [1.82, 2.24) is 19.7 Å². The summed E-state index contributed by atoms with van der Waals surface area (Å²) in [6, 6.07) is 5.67. The van der Waals surface area contributed by atoms with Crippen LogP contribution in [-0.2, 0) is 0 Å². The molecular formula is C19H22N6O. The van der Waals surface area contributed by atoms with Crippen LogP contribution >= 0.6 is 0 Å². The minimum atomic E-state index is -0.167. The number of piperazine rings is 1. The first-order valence-corrected chi connectivity index (χ1v) is 8.79. The van der Waals surface area contributed by atoms with E-state index in [1.165, 1.54) is 0 Å². The Morgan fingerprint density at radius 3 is 2.73 bits per heavy atom. The first-order valence-electron chi connectivity index (χ1n) is 8.79. The van der Waals surface area contributed by atoms with Gasteiger partial charge >= 0.3 is 0 Å². The topological polar surface area (TPSA) is 74.6 Å².